The van der Waals surface area contributed by atoms with E-state index in [1.807, 2.05) is 0 Å². The molecule has 0 unspecified atom stereocenters. The van der Waals surface area contributed by atoms with Gasteiger partial charge in [0, 0.05) is 0 Å². The third kappa shape index (κ3) is 1.34. The number of allylic oxidation sites excluding steroid dienone is 2. The van der Waals surface area contributed by atoms with Crippen LogP contribution in [0, 0.1) is 29.6 Å². The molecule has 4 rings (SSSR count). The standard InChI is InChI=1S/C13H10Cl6O2/c14-8-9(15)12(17)7-4-1-3(2-5(4)10(20)21)6(7)11(8,16)13(12,18)19/h3-7H,1-2H2,(H,20,21)/t3-,4-,5-,6-,7+,11-,12-/m1/s1. The zero-order valence-corrected chi connectivity index (χ0v) is 15.0. The van der Waals surface area contributed by atoms with Crippen molar-refractivity contribution in [3.05, 3.63) is 10.1 Å². The van der Waals surface area contributed by atoms with Gasteiger partial charge >= 0.3 is 5.97 Å². The normalized spacial score (nSPS) is 56.2. The highest BCUT2D eigenvalue weighted by Crippen LogP contribution is 2.82. The second kappa shape index (κ2) is 4.13. The molecule has 0 aromatic heterocycles. The molecule has 0 amide bonds. The van der Waals surface area contributed by atoms with E-state index in [1.54, 1.807) is 0 Å². The summed E-state index contributed by atoms with van der Waals surface area (Å²) in [4.78, 5) is 8.92. The first-order valence-electron chi connectivity index (χ1n) is 6.64. The minimum Gasteiger partial charge on any atom is -0.481 e. The molecule has 116 valence electrons. The quantitative estimate of drug-likeness (QED) is 0.497. The van der Waals surface area contributed by atoms with Crippen molar-refractivity contribution in [3.8, 4) is 0 Å². The highest BCUT2D eigenvalue weighted by molar-refractivity contribution is 6.65. The zero-order chi connectivity index (χ0) is 15.5. The van der Waals surface area contributed by atoms with Crippen molar-refractivity contribution in [3.63, 3.8) is 0 Å². The van der Waals surface area contributed by atoms with Crippen molar-refractivity contribution in [2.75, 3.05) is 0 Å². The molecule has 2 nitrogen and oxygen atoms in total. The highest BCUT2D eigenvalue weighted by Gasteiger charge is 2.86. The smallest absolute Gasteiger partial charge is 0.306 e. The van der Waals surface area contributed by atoms with Crippen LogP contribution in [-0.4, -0.2) is 25.2 Å². The Hall–Kier alpha value is 0.950. The van der Waals surface area contributed by atoms with E-state index in [2.05, 4.69) is 0 Å². The van der Waals surface area contributed by atoms with Crippen LogP contribution in [-0.2, 0) is 4.79 Å². The number of alkyl halides is 4. The number of carboxylic acid groups (broad SMARTS) is 1. The molecule has 21 heavy (non-hydrogen) atoms. The van der Waals surface area contributed by atoms with Crippen LogP contribution in [0.15, 0.2) is 10.1 Å². The summed E-state index contributed by atoms with van der Waals surface area (Å²) < 4.78 is -1.54. The molecule has 4 bridgehead atoms. The van der Waals surface area contributed by atoms with Gasteiger partial charge in [0.2, 0.25) is 0 Å². The number of fused-ring (bicyclic) bond motifs is 9. The van der Waals surface area contributed by atoms with Gasteiger partial charge in [-0.05, 0) is 36.5 Å². The molecular formula is C13H10Cl6O2. The molecule has 0 heterocycles. The minimum atomic E-state index is -1.54. The fraction of sp³-hybridized carbons (Fsp3) is 0.769. The molecule has 1 N–H and O–H groups in total. The molecule has 7 atom stereocenters. The Balaban J connectivity index is 1.92. The van der Waals surface area contributed by atoms with Gasteiger partial charge in [-0.2, -0.15) is 0 Å². The van der Waals surface area contributed by atoms with Crippen LogP contribution < -0.4 is 0 Å². The van der Waals surface area contributed by atoms with Gasteiger partial charge in [-0.15, -0.1) is 23.2 Å². The molecule has 0 aromatic carbocycles. The van der Waals surface area contributed by atoms with Gasteiger partial charge in [-0.1, -0.05) is 46.4 Å². The number of halogens is 6. The average Bonchev–Trinajstić information content (AvgIpc) is 3.05. The second-order valence-corrected chi connectivity index (χ2v) is 9.79. The third-order valence-corrected chi connectivity index (χ3v) is 10.3. The van der Waals surface area contributed by atoms with Crippen molar-refractivity contribution >= 4 is 75.6 Å². The summed E-state index contributed by atoms with van der Waals surface area (Å²) in [5, 5.41) is 9.79. The molecule has 0 radical (unpaired) electrons. The Labute approximate surface area is 151 Å². The van der Waals surface area contributed by atoms with E-state index < -0.39 is 26.0 Å². The molecule has 0 spiro atoms. The molecule has 0 aliphatic heterocycles. The molecule has 3 saturated carbocycles. The largest absolute Gasteiger partial charge is 0.481 e. The van der Waals surface area contributed by atoms with E-state index in [0.717, 1.165) is 6.42 Å². The summed E-state index contributed by atoms with van der Waals surface area (Å²) in [5.41, 5.74) is 0. The Morgan fingerprint density at radius 3 is 2.05 bits per heavy atom. The Morgan fingerprint density at radius 2 is 1.52 bits per heavy atom. The minimum absolute atomic E-state index is 0.106. The van der Waals surface area contributed by atoms with Crippen LogP contribution in [0.4, 0.5) is 0 Å². The Kier molecular flexibility index (Phi) is 3.04. The molecule has 0 saturated heterocycles. The summed E-state index contributed by atoms with van der Waals surface area (Å²) in [6.07, 6.45) is 1.32. The Morgan fingerprint density at radius 1 is 1.00 bits per heavy atom. The first kappa shape index (κ1) is 15.5. The van der Waals surface area contributed by atoms with Gasteiger partial charge in [0.15, 0.2) is 4.33 Å². The Bertz CT molecular complexity index is 603. The van der Waals surface area contributed by atoms with Gasteiger partial charge in [-0.3, -0.25) is 4.79 Å². The topological polar surface area (TPSA) is 37.3 Å². The first-order chi connectivity index (χ1) is 9.60. The summed E-state index contributed by atoms with van der Waals surface area (Å²) in [5.74, 6) is -1.67. The molecule has 0 aromatic rings. The molecule has 8 heteroatoms. The van der Waals surface area contributed by atoms with Crippen molar-refractivity contribution in [1.82, 2.24) is 0 Å². The van der Waals surface area contributed by atoms with Crippen molar-refractivity contribution < 1.29 is 9.90 Å². The summed E-state index contributed by atoms with van der Waals surface area (Å²) in [7, 11) is 0. The van der Waals surface area contributed by atoms with E-state index in [1.165, 1.54) is 0 Å². The maximum atomic E-state index is 11.5. The van der Waals surface area contributed by atoms with Gasteiger partial charge in [-0.25, -0.2) is 0 Å². The average molecular weight is 411 g/mol. The first-order valence-corrected chi connectivity index (χ1v) is 8.91. The van der Waals surface area contributed by atoms with Gasteiger partial charge in [0.05, 0.1) is 16.0 Å². The van der Waals surface area contributed by atoms with E-state index in [9.17, 15) is 9.90 Å². The SMILES string of the molecule is O=C(O)[C@@H]1C[C@H]2C[C@H]1[C@H]1[C@@H]2[C@@]2(Cl)C(Cl)=C(Cl)[C@@]1(Cl)C2(Cl)Cl. The third-order valence-electron chi connectivity index (χ3n) is 5.99. The van der Waals surface area contributed by atoms with E-state index in [-0.39, 0.29) is 33.7 Å². The van der Waals surface area contributed by atoms with Crippen LogP contribution in [0.2, 0.25) is 0 Å². The number of carboxylic acids is 1. The number of rotatable bonds is 1. The lowest BCUT2D eigenvalue weighted by atomic mass is 9.69. The van der Waals surface area contributed by atoms with Crippen LogP contribution in [0.3, 0.4) is 0 Å². The molecule has 4 aliphatic rings. The second-order valence-electron chi connectivity index (χ2n) is 6.52. The molecule has 3 fully saturated rings. The van der Waals surface area contributed by atoms with Gasteiger partial charge in [0.1, 0.15) is 9.75 Å². The van der Waals surface area contributed by atoms with Crippen molar-refractivity contribution in [1.29, 1.82) is 0 Å². The predicted octanol–water partition coefficient (Wildman–Crippen LogP) is 4.80. The molecular weight excluding hydrogens is 401 g/mol. The fourth-order valence-corrected chi connectivity index (χ4v) is 8.48. The van der Waals surface area contributed by atoms with Gasteiger partial charge < -0.3 is 5.11 Å². The van der Waals surface area contributed by atoms with Gasteiger partial charge in [0.25, 0.3) is 0 Å². The number of hydrogen-bond donors (Lipinski definition) is 1. The van der Waals surface area contributed by atoms with Crippen molar-refractivity contribution in [2.45, 2.75) is 26.9 Å². The highest BCUT2D eigenvalue weighted by atomic mass is 35.5. The van der Waals surface area contributed by atoms with Crippen LogP contribution in [0.1, 0.15) is 12.8 Å². The maximum absolute atomic E-state index is 11.5. The van der Waals surface area contributed by atoms with Crippen LogP contribution in [0.5, 0.6) is 0 Å². The number of carbonyl (C=O) groups is 1. The maximum Gasteiger partial charge on any atom is 0.306 e. The monoisotopic (exact) mass is 408 g/mol. The lowest BCUT2D eigenvalue weighted by molar-refractivity contribution is -0.144. The predicted molar refractivity (Wildman–Crippen MR) is 84.7 cm³/mol. The van der Waals surface area contributed by atoms with E-state index in [4.69, 9.17) is 69.6 Å². The fourth-order valence-electron chi connectivity index (χ4n) is 5.33. The summed E-state index contributed by atoms with van der Waals surface area (Å²) >= 11 is 39.3. The zero-order valence-electron chi connectivity index (χ0n) is 10.4. The lowest BCUT2D eigenvalue weighted by Crippen LogP contribution is -2.46. The van der Waals surface area contributed by atoms with Crippen LogP contribution in [0.25, 0.3) is 0 Å². The van der Waals surface area contributed by atoms with E-state index in [0.29, 0.717) is 6.42 Å². The number of aliphatic carboxylic acids is 1. The van der Waals surface area contributed by atoms with Crippen molar-refractivity contribution in [2.24, 2.45) is 29.6 Å². The van der Waals surface area contributed by atoms with Crippen LogP contribution >= 0.6 is 69.6 Å². The molecule has 4 aliphatic carbocycles. The lowest BCUT2D eigenvalue weighted by Gasteiger charge is -2.41. The summed E-state index contributed by atoms with van der Waals surface area (Å²) in [6, 6.07) is 0. The number of hydrogen-bond acceptors (Lipinski definition) is 1. The summed E-state index contributed by atoms with van der Waals surface area (Å²) in [6.45, 7) is 0. The van der Waals surface area contributed by atoms with E-state index >= 15 is 0 Å².